The van der Waals surface area contributed by atoms with Crippen LogP contribution in [0.1, 0.15) is 51.0 Å². The summed E-state index contributed by atoms with van der Waals surface area (Å²) < 4.78 is 2.21. The number of fused-ring (bicyclic) bond motifs is 1. The van der Waals surface area contributed by atoms with Gasteiger partial charge in [0.2, 0.25) is 0 Å². The first-order chi connectivity index (χ1) is 19.5. The minimum absolute atomic E-state index is 0.129. The summed E-state index contributed by atoms with van der Waals surface area (Å²) in [7, 11) is 0. The molecule has 2 heterocycles. The number of carbonyl (C=O) groups is 2. The number of imide groups is 1. The smallest absolute Gasteiger partial charge is 0.254 e. The molecular weight excluding hydrogens is 494 g/mol. The minimum Gasteiger partial charge on any atom is -0.317 e. The van der Waals surface area contributed by atoms with E-state index in [9.17, 15) is 9.59 Å². The highest BCUT2D eigenvalue weighted by Gasteiger charge is 2.61. The Morgan fingerprint density at radius 1 is 0.675 bits per heavy atom. The molecule has 4 aliphatic rings. The monoisotopic (exact) mass is 521 g/mol. The molecule has 9 rings (SSSR count). The molecule has 0 N–H and O–H groups in total. The van der Waals surface area contributed by atoms with Gasteiger partial charge in [-0.2, -0.15) is 10.1 Å². The van der Waals surface area contributed by atoms with Crippen molar-refractivity contribution < 1.29 is 9.59 Å². The molecule has 0 spiro atoms. The molecule has 5 heteroatoms. The van der Waals surface area contributed by atoms with Gasteiger partial charge in [0.15, 0.2) is 0 Å². The Kier molecular flexibility index (Phi) is 4.84. The van der Waals surface area contributed by atoms with Crippen molar-refractivity contribution in [3.05, 3.63) is 136 Å². The van der Waals surface area contributed by atoms with E-state index in [0.717, 1.165) is 49.9 Å². The van der Waals surface area contributed by atoms with Crippen molar-refractivity contribution in [3.8, 4) is 5.69 Å². The van der Waals surface area contributed by atoms with Crippen LogP contribution in [0.5, 0.6) is 0 Å². The van der Waals surface area contributed by atoms with Gasteiger partial charge in [-0.3, -0.25) is 9.59 Å². The fourth-order valence-corrected chi connectivity index (χ4v) is 7.59. The van der Waals surface area contributed by atoms with Crippen LogP contribution in [0.15, 0.2) is 102 Å². The second-order valence-corrected chi connectivity index (χ2v) is 11.2. The molecule has 5 aromatic rings. The fourth-order valence-electron chi connectivity index (χ4n) is 7.59. The van der Waals surface area contributed by atoms with E-state index < -0.39 is 11.8 Å². The Bertz CT molecular complexity index is 1790. The van der Waals surface area contributed by atoms with E-state index in [1.807, 2.05) is 30.3 Å². The summed E-state index contributed by atoms with van der Waals surface area (Å²) in [4.78, 5) is 27.8. The number of benzene rings is 4. The zero-order valence-corrected chi connectivity index (χ0v) is 22.3. The average molecular weight is 522 g/mol. The third kappa shape index (κ3) is 3.00. The number of rotatable bonds is 3. The molecule has 4 aromatic carbocycles. The van der Waals surface area contributed by atoms with Gasteiger partial charge in [-0.25, -0.2) is 0 Å². The minimum atomic E-state index is -0.428. The van der Waals surface area contributed by atoms with Gasteiger partial charge in [-0.15, -0.1) is 0 Å². The molecule has 2 bridgehead atoms. The third-order valence-corrected chi connectivity index (χ3v) is 9.22. The first kappa shape index (κ1) is 23.1. The van der Waals surface area contributed by atoms with Crippen LogP contribution in [0.25, 0.3) is 16.5 Å². The molecule has 1 fully saturated rings. The second kappa shape index (κ2) is 8.36. The van der Waals surface area contributed by atoms with Crippen LogP contribution in [0.2, 0.25) is 0 Å². The number of hydrogen-bond acceptors (Lipinski definition) is 3. The summed E-state index contributed by atoms with van der Waals surface area (Å²) in [5, 5.41) is 8.06. The van der Waals surface area contributed by atoms with Crippen molar-refractivity contribution in [2.24, 2.45) is 16.9 Å². The average Bonchev–Trinajstić information content (AvgIpc) is 3.42. The van der Waals surface area contributed by atoms with E-state index in [-0.39, 0.29) is 23.7 Å². The molecule has 1 aliphatic heterocycles. The number of nitrogens with zero attached hydrogens (tertiary/aromatic N) is 3. The predicted molar refractivity (Wildman–Crippen MR) is 156 cm³/mol. The largest absolute Gasteiger partial charge is 0.317 e. The molecule has 2 amide bonds. The normalized spacial score (nSPS) is 22.7. The van der Waals surface area contributed by atoms with Crippen LogP contribution >= 0.6 is 0 Å². The summed E-state index contributed by atoms with van der Waals surface area (Å²) in [6.07, 6.45) is 1.68. The van der Waals surface area contributed by atoms with Gasteiger partial charge >= 0.3 is 0 Å². The van der Waals surface area contributed by atoms with Crippen molar-refractivity contribution in [3.63, 3.8) is 0 Å². The number of carbonyl (C=O) groups excluding carboxylic acids is 2. The summed E-state index contributed by atoms with van der Waals surface area (Å²) in [6, 6.07) is 33.3. The molecule has 0 radical (unpaired) electrons. The summed E-state index contributed by atoms with van der Waals surface area (Å²) in [5.74, 6) is -1.52. The van der Waals surface area contributed by atoms with Crippen molar-refractivity contribution in [1.29, 1.82) is 0 Å². The van der Waals surface area contributed by atoms with Crippen LogP contribution in [0, 0.1) is 25.7 Å². The lowest BCUT2D eigenvalue weighted by atomic mass is 9.55. The highest BCUT2D eigenvalue weighted by Crippen LogP contribution is 2.60. The molecule has 3 aliphatic carbocycles. The van der Waals surface area contributed by atoms with Crippen molar-refractivity contribution in [2.75, 3.05) is 0 Å². The molecule has 5 nitrogen and oxygen atoms in total. The summed E-state index contributed by atoms with van der Waals surface area (Å²) >= 11 is 0. The van der Waals surface area contributed by atoms with E-state index in [0.29, 0.717) is 0 Å². The van der Waals surface area contributed by atoms with E-state index in [1.165, 1.54) is 10.8 Å². The Morgan fingerprint density at radius 3 is 1.80 bits per heavy atom. The molecule has 194 valence electrons. The fraction of sp³-hybridized carbons (Fsp3) is 0.171. The molecule has 2 atom stereocenters. The van der Waals surface area contributed by atoms with Crippen LogP contribution in [-0.4, -0.2) is 27.6 Å². The molecule has 1 saturated heterocycles. The lowest BCUT2D eigenvalue weighted by Gasteiger charge is -2.45. The lowest BCUT2D eigenvalue weighted by molar-refractivity contribution is -0.139. The number of hydrazone groups is 1. The van der Waals surface area contributed by atoms with Gasteiger partial charge in [-0.05, 0) is 53.6 Å². The third-order valence-electron chi connectivity index (χ3n) is 9.22. The van der Waals surface area contributed by atoms with E-state index in [1.54, 1.807) is 6.21 Å². The molecule has 1 aromatic heterocycles. The van der Waals surface area contributed by atoms with Gasteiger partial charge in [0.1, 0.15) is 0 Å². The molecule has 0 saturated carbocycles. The SMILES string of the molecule is Cc1cc(/C=N\N2C(=O)[C@H]3C4c5ccccc5C(c5ccccc54)[C@@H]3C2=O)c(C)n1-c1cccc2ccccc12. The maximum Gasteiger partial charge on any atom is 0.254 e. The molecule has 0 unspecified atom stereocenters. The maximum atomic E-state index is 13.9. The standard InChI is InChI=1S/C35H27N3O2/c1-20-18-23(21(2)37(20)29-17-9-11-22-10-3-4-12-24(22)29)19-36-38-34(39)32-30-25-13-5-6-14-26(25)31(33(32)35(38)40)28-16-8-7-15-27(28)30/h3-19,30-33H,1-2H3/b36-19-/t30?,31?,32-,33-/m0/s1. The maximum absolute atomic E-state index is 13.9. The summed E-state index contributed by atoms with van der Waals surface area (Å²) in [6.45, 7) is 4.12. The predicted octanol–water partition coefficient (Wildman–Crippen LogP) is 6.47. The topological polar surface area (TPSA) is 54.7 Å². The Hall–Kier alpha value is -4.77. The van der Waals surface area contributed by atoms with E-state index >= 15 is 0 Å². The van der Waals surface area contributed by atoms with Gasteiger partial charge in [0.25, 0.3) is 11.8 Å². The first-order valence-electron chi connectivity index (χ1n) is 13.8. The molecule has 40 heavy (non-hydrogen) atoms. The first-order valence-corrected chi connectivity index (χ1v) is 13.8. The second-order valence-electron chi connectivity index (χ2n) is 11.2. The number of amides is 2. The van der Waals surface area contributed by atoms with Gasteiger partial charge in [-0.1, -0.05) is 84.9 Å². The Labute approximate surface area is 232 Å². The Balaban J connectivity index is 1.18. The van der Waals surface area contributed by atoms with Gasteiger partial charge in [0, 0.05) is 34.2 Å². The molecular formula is C35H27N3O2. The van der Waals surface area contributed by atoms with Crippen LogP contribution in [-0.2, 0) is 9.59 Å². The number of aryl methyl sites for hydroxylation is 1. The van der Waals surface area contributed by atoms with Crippen LogP contribution in [0.3, 0.4) is 0 Å². The van der Waals surface area contributed by atoms with E-state index in [2.05, 4.69) is 90.2 Å². The van der Waals surface area contributed by atoms with Crippen molar-refractivity contribution >= 4 is 28.8 Å². The quantitative estimate of drug-likeness (QED) is 0.202. The number of hydrogen-bond donors (Lipinski definition) is 0. The zero-order valence-electron chi connectivity index (χ0n) is 22.3. The van der Waals surface area contributed by atoms with Gasteiger partial charge < -0.3 is 4.57 Å². The van der Waals surface area contributed by atoms with E-state index in [4.69, 9.17) is 0 Å². The summed E-state index contributed by atoms with van der Waals surface area (Å²) in [5.41, 5.74) is 8.71. The van der Waals surface area contributed by atoms with Crippen LogP contribution in [0.4, 0.5) is 0 Å². The highest BCUT2D eigenvalue weighted by molar-refractivity contribution is 6.08. The van der Waals surface area contributed by atoms with Gasteiger partial charge in [0.05, 0.1) is 23.7 Å². The van der Waals surface area contributed by atoms with Crippen molar-refractivity contribution in [1.82, 2.24) is 9.58 Å². The number of aromatic nitrogens is 1. The highest BCUT2D eigenvalue weighted by atomic mass is 16.2. The van der Waals surface area contributed by atoms with Crippen molar-refractivity contribution in [2.45, 2.75) is 25.7 Å². The Morgan fingerprint density at radius 2 is 1.20 bits per heavy atom. The lowest BCUT2D eigenvalue weighted by Crippen LogP contribution is -2.41. The van der Waals surface area contributed by atoms with Crippen LogP contribution < -0.4 is 0 Å². The zero-order chi connectivity index (χ0) is 27.1.